The van der Waals surface area contributed by atoms with E-state index in [0.717, 1.165) is 5.56 Å². The van der Waals surface area contributed by atoms with Crippen molar-refractivity contribution >= 4 is 23.7 Å². The second-order valence-corrected chi connectivity index (χ2v) is 7.55. The molecular weight excluding hydrogens is 424 g/mol. The van der Waals surface area contributed by atoms with Gasteiger partial charge in [-0.1, -0.05) is 36.4 Å². The molecule has 0 aliphatic heterocycles. The number of likely N-dealkylation sites (N-methyl/N-ethyl adjacent to an activating group) is 1. The standard InChI is InChI=1S/C24H30N4O5/c1-3-25-21(29)15-27-22(30)16(2)26-14-20(12-17-8-5-4-6-9-17)28-23(31)18-10-7-11-19(13-18)24(32)33/h4-11,13,16,20,26H,3,12,14-15H2,1-2H3,(H,25,29)(H,27,30)(H,28,31)(H,32,33)/t16?,20-/m0/s1. The summed E-state index contributed by atoms with van der Waals surface area (Å²) in [6, 6.07) is 14.4. The van der Waals surface area contributed by atoms with E-state index in [1.807, 2.05) is 30.3 Å². The molecule has 0 heterocycles. The summed E-state index contributed by atoms with van der Waals surface area (Å²) in [5, 5.41) is 20.4. The lowest BCUT2D eigenvalue weighted by atomic mass is 10.0. The Morgan fingerprint density at radius 3 is 2.30 bits per heavy atom. The van der Waals surface area contributed by atoms with E-state index in [9.17, 15) is 19.2 Å². The first-order valence-corrected chi connectivity index (χ1v) is 10.8. The minimum absolute atomic E-state index is 0.0257. The molecule has 2 aromatic carbocycles. The molecule has 176 valence electrons. The molecule has 0 aliphatic carbocycles. The van der Waals surface area contributed by atoms with E-state index < -0.39 is 17.9 Å². The molecule has 9 nitrogen and oxygen atoms in total. The number of carboxylic acid groups (broad SMARTS) is 1. The van der Waals surface area contributed by atoms with Crippen molar-refractivity contribution in [2.45, 2.75) is 32.4 Å². The Balaban J connectivity index is 2.02. The third-order valence-electron chi connectivity index (χ3n) is 4.89. The van der Waals surface area contributed by atoms with Gasteiger partial charge in [-0.25, -0.2) is 4.79 Å². The third-order valence-corrected chi connectivity index (χ3v) is 4.89. The van der Waals surface area contributed by atoms with Gasteiger partial charge in [-0.2, -0.15) is 0 Å². The molecule has 0 spiro atoms. The fraction of sp³-hybridized carbons (Fsp3) is 0.333. The second kappa shape index (κ2) is 13.0. The Labute approximate surface area is 193 Å². The zero-order chi connectivity index (χ0) is 24.2. The molecule has 0 fully saturated rings. The van der Waals surface area contributed by atoms with Crippen LogP contribution >= 0.6 is 0 Å². The fourth-order valence-electron chi connectivity index (χ4n) is 3.13. The van der Waals surface area contributed by atoms with Gasteiger partial charge in [0.15, 0.2) is 0 Å². The van der Waals surface area contributed by atoms with Crippen molar-refractivity contribution in [2.24, 2.45) is 0 Å². The molecule has 2 rings (SSSR count). The summed E-state index contributed by atoms with van der Waals surface area (Å²) < 4.78 is 0. The van der Waals surface area contributed by atoms with Gasteiger partial charge in [-0.15, -0.1) is 0 Å². The molecule has 0 aromatic heterocycles. The summed E-state index contributed by atoms with van der Waals surface area (Å²) in [4.78, 5) is 47.8. The molecule has 33 heavy (non-hydrogen) atoms. The number of carbonyl (C=O) groups excluding carboxylic acids is 3. The van der Waals surface area contributed by atoms with Crippen molar-refractivity contribution in [3.8, 4) is 0 Å². The Morgan fingerprint density at radius 2 is 1.64 bits per heavy atom. The average Bonchev–Trinajstić information content (AvgIpc) is 2.81. The lowest BCUT2D eigenvalue weighted by molar-refractivity contribution is -0.127. The predicted octanol–water partition coefficient (Wildman–Crippen LogP) is 0.956. The summed E-state index contributed by atoms with van der Waals surface area (Å²) in [5.41, 5.74) is 1.26. The smallest absolute Gasteiger partial charge is 0.335 e. The van der Waals surface area contributed by atoms with E-state index in [2.05, 4.69) is 21.3 Å². The summed E-state index contributed by atoms with van der Waals surface area (Å²) in [6.07, 6.45) is 0.505. The van der Waals surface area contributed by atoms with Gasteiger partial charge in [0.25, 0.3) is 5.91 Å². The molecule has 0 saturated heterocycles. The van der Waals surface area contributed by atoms with E-state index in [1.54, 1.807) is 19.9 Å². The van der Waals surface area contributed by atoms with Crippen LogP contribution in [0, 0.1) is 0 Å². The topological polar surface area (TPSA) is 137 Å². The number of aromatic carboxylic acids is 1. The number of hydrogen-bond donors (Lipinski definition) is 5. The summed E-state index contributed by atoms with van der Waals surface area (Å²) >= 11 is 0. The van der Waals surface area contributed by atoms with Crippen LogP contribution < -0.4 is 21.3 Å². The molecule has 2 aromatic rings. The van der Waals surface area contributed by atoms with E-state index >= 15 is 0 Å². The fourth-order valence-corrected chi connectivity index (χ4v) is 3.13. The molecule has 2 atom stereocenters. The molecule has 0 aliphatic rings. The lowest BCUT2D eigenvalue weighted by Gasteiger charge is -2.22. The average molecular weight is 455 g/mol. The van der Waals surface area contributed by atoms with Crippen molar-refractivity contribution < 1.29 is 24.3 Å². The molecule has 9 heteroatoms. The minimum atomic E-state index is -1.11. The molecule has 1 unspecified atom stereocenters. The van der Waals surface area contributed by atoms with Crippen molar-refractivity contribution in [1.29, 1.82) is 0 Å². The Morgan fingerprint density at radius 1 is 0.939 bits per heavy atom. The molecular formula is C24H30N4O5. The van der Waals surface area contributed by atoms with E-state index in [4.69, 9.17) is 5.11 Å². The number of benzene rings is 2. The molecule has 0 saturated carbocycles. The van der Waals surface area contributed by atoms with Crippen LogP contribution in [0.15, 0.2) is 54.6 Å². The number of amides is 3. The maximum atomic E-state index is 12.8. The summed E-state index contributed by atoms with van der Waals surface area (Å²) in [6.45, 7) is 4.13. The summed E-state index contributed by atoms with van der Waals surface area (Å²) in [7, 11) is 0. The van der Waals surface area contributed by atoms with Gasteiger partial charge >= 0.3 is 5.97 Å². The van der Waals surface area contributed by atoms with Gasteiger partial charge < -0.3 is 26.4 Å². The predicted molar refractivity (Wildman–Crippen MR) is 124 cm³/mol. The quantitative estimate of drug-likeness (QED) is 0.324. The van der Waals surface area contributed by atoms with Gasteiger partial charge in [-0.3, -0.25) is 14.4 Å². The number of carboxylic acids is 1. The Hall–Kier alpha value is -3.72. The monoisotopic (exact) mass is 454 g/mol. The van der Waals surface area contributed by atoms with Crippen LogP contribution in [0.4, 0.5) is 0 Å². The van der Waals surface area contributed by atoms with Crippen LogP contribution in [0.5, 0.6) is 0 Å². The van der Waals surface area contributed by atoms with Crippen LogP contribution in [0.25, 0.3) is 0 Å². The first kappa shape index (κ1) is 25.5. The minimum Gasteiger partial charge on any atom is -0.478 e. The molecule has 0 radical (unpaired) electrons. The van der Waals surface area contributed by atoms with Crippen molar-refractivity contribution in [1.82, 2.24) is 21.3 Å². The first-order valence-electron chi connectivity index (χ1n) is 10.8. The molecule has 5 N–H and O–H groups in total. The molecule has 0 bridgehead atoms. The van der Waals surface area contributed by atoms with Crippen LogP contribution in [0.1, 0.15) is 40.1 Å². The van der Waals surface area contributed by atoms with E-state index in [-0.39, 0.29) is 42.1 Å². The second-order valence-electron chi connectivity index (χ2n) is 7.55. The molecule has 3 amide bonds. The first-order chi connectivity index (χ1) is 15.8. The highest BCUT2D eigenvalue weighted by atomic mass is 16.4. The Bertz CT molecular complexity index is 964. The van der Waals surface area contributed by atoms with Crippen LogP contribution in [0.2, 0.25) is 0 Å². The number of rotatable bonds is 12. The van der Waals surface area contributed by atoms with Crippen LogP contribution in [0.3, 0.4) is 0 Å². The highest BCUT2D eigenvalue weighted by molar-refractivity contribution is 5.97. The zero-order valence-electron chi connectivity index (χ0n) is 18.8. The van der Waals surface area contributed by atoms with Gasteiger partial charge in [0.1, 0.15) is 0 Å². The maximum Gasteiger partial charge on any atom is 0.335 e. The number of nitrogens with one attached hydrogen (secondary N) is 4. The number of carbonyl (C=O) groups is 4. The van der Waals surface area contributed by atoms with E-state index in [1.165, 1.54) is 18.2 Å². The summed E-state index contributed by atoms with van der Waals surface area (Å²) in [5.74, 6) is -2.12. The highest BCUT2D eigenvalue weighted by Crippen LogP contribution is 2.08. The lowest BCUT2D eigenvalue weighted by Crippen LogP contribution is -2.50. The third kappa shape index (κ3) is 8.74. The van der Waals surface area contributed by atoms with Crippen molar-refractivity contribution in [2.75, 3.05) is 19.6 Å². The van der Waals surface area contributed by atoms with Crippen LogP contribution in [-0.2, 0) is 16.0 Å². The highest BCUT2D eigenvalue weighted by Gasteiger charge is 2.19. The van der Waals surface area contributed by atoms with Crippen LogP contribution in [-0.4, -0.2) is 60.5 Å². The van der Waals surface area contributed by atoms with E-state index in [0.29, 0.717) is 13.0 Å². The van der Waals surface area contributed by atoms with Gasteiger partial charge in [0, 0.05) is 24.7 Å². The maximum absolute atomic E-state index is 12.8. The largest absolute Gasteiger partial charge is 0.478 e. The van der Waals surface area contributed by atoms with Gasteiger partial charge in [-0.05, 0) is 44.0 Å². The van der Waals surface area contributed by atoms with Gasteiger partial charge in [0.05, 0.1) is 18.2 Å². The Kier molecular flexibility index (Phi) is 10.0. The van der Waals surface area contributed by atoms with Crippen molar-refractivity contribution in [3.63, 3.8) is 0 Å². The SMILES string of the molecule is CCNC(=O)CNC(=O)C(C)NC[C@H](Cc1ccccc1)NC(=O)c1cccc(C(=O)O)c1. The van der Waals surface area contributed by atoms with Crippen molar-refractivity contribution in [3.05, 3.63) is 71.3 Å². The van der Waals surface area contributed by atoms with Gasteiger partial charge in [0.2, 0.25) is 11.8 Å². The zero-order valence-corrected chi connectivity index (χ0v) is 18.8. The number of hydrogen-bond acceptors (Lipinski definition) is 5. The normalized spacial score (nSPS) is 12.3.